The molecule has 1 heterocycles. The number of hydrogen-bond acceptors (Lipinski definition) is 8. The molecule has 2 atom stereocenters. The van der Waals surface area contributed by atoms with Gasteiger partial charge in [-0.05, 0) is 74.3 Å². The Hall–Kier alpha value is -3.85. The van der Waals surface area contributed by atoms with E-state index in [0.717, 1.165) is 37.7 Å². The van der Waals surface area contributed by atoms with E-state index >= 15 is 0 Å². The Morgan fingerprint density at radius 2 is 1.71 bits per heavy atom. The van der Waals surface area contributed by atoms with Crippen molar-refractivity contribution in [3.8, 4) is 11.5 Å². The molecule has 0 amide bonds. The number of carbonyl (C=O) groups is 2. The van der Waals surface area contributed by atoms with Gasteiger partial charge in [-0.3, -0.25) is 14.9 Å². The van der Waals surface area contributed by atoms with Crippen LogP contribution in [0.25, 0.3) is 0 Å². The summed E-state index contributed by atoms with van der Waals surface area (Å²) in [6.07, 6.45) is 5.20. The maximum atomic E-state index is 13.9. The molecule has 1 fully saturated rings. The van der Waals surface area contributed by atoms with E-state index < -0.39 is 16.8 Å². The maximum absolute atomic E-state index is 13.9. The smallest absolute Gasteiger partial charge is 0.337 e. The second-order valence-corrected chi connectivity index (χ2v) is 11.2. The number of benzene rings is 2. The molecule has 0 radical (unpaired) electrons. The van der Waals surface area contributed by atoms with Crippen molar-refractivity contribution in [2.45, 2.75) is 69.8 Å². The topological polar surface area (TPSA) is 117 Å². The van der Waals surface area contributed by atoms with Crippen molar-refractivity contribution in [1.29, 1.82) is 0 Å². The molecule has 0 saturated heterocycles. The fourth-order valence-corrected chi connectivity index (χ4v) is 6.42. The fourth-order valence-electron chi connectivity index (χ4n) is 6.23. The fraction of sp³-hybridized carbons (Fsp3) is 0.419. The number of methoxy groups -OCH3 is 2. The van der Waals surface area contributed by atoms with E-state index in [9.17, 15) is 19.7 Å². The van der Waals surface area contributed by atoms with Crippen LogP contribution in [0.5, 0.6) is 11.5 Å². The van der Waals surface area contributed by atoms with Crippen LogP contribution in [0.4, 0.5) is 5.69 Å². The number of ketones is 1. The molecule has 2 aromatic carbocycles. The van der Waals surface area contributed by atoms with Gasteiger partial charge in [-0.25, -0.2) is 4.79 Å². The number of ether oxygens (including phenoxy) is 3. The third-order valence-corrected chi connectivity index (χ3v) is 8.57. The zero-order valence-corrected chi connectivity index (χ0v) is 24.1. The zero-order chi connectivity index (χ0) is 29.3. The third-order valence-electron chi connectivity index (χ3n) is 8.25. The molecule has 9 nitrogen and oxygen atoms in total. The summed E-state index contributed by atoms with van der Waals surface area (Å²) >= 11 is 6.13. The van der Waals surface area contributed by atoms with E-state index in [1.165, 1.54) is 12.1 Å². The number of Topliss-reactive ketones (excluding diaryl/α,β-unsaturated/α-hetero) is 1. The van der Waals surface area contributed by atoms with Gasteiger partial charge in [-0.1, -0.05) is 30.2 Å². The highest BCUT2D eigenvalue weighted by Gasteiger charge is 2.42. The third kappa shape index (κ3) is 5.68. The number of rotatable bonds is 7. The molecule has 10 heteroatoms. The van der Waals surface area contributed by atoms with Crippen LogP contribution in [0, 0.1) is 10.1 Å². The van der Waals surface area contributed by atoms with Crippen molar-refractivity contribution in [3.63, 3.8) is 0 Å². The van der Waals surface area contributed by atoms with Gasteiger partial charge in [0.2, 0.25) is 0 Å². The first kappa shape index (κ1) is 28.7. The molecule has 1 aliphatic heterocycles. The lowest BCUT2D eigenvalue weighted by Gasteiger charge is -2.37. The van der Waals surface area contributed by atoms with Crippen molar-refractivity contribution < 1.29 is 28.7 Å². The van der Waals surface area contributed by atoms with Crippen LogP contribution in [0.1, 0.15) is 74.8 Å². The van der Waals surface area contributed by atoms with Crippen molar-refractivity contribution >= 4 is 29.0 Å². The number of carbonyl (C=O) groups excluding carboxylic acids is 2. The Labute approximate surface area is 243 Å². The monoisotopic (exact) mass is 580 g/mol. The molecule has 216 valence electrons. The number of nitrogens with zero attached hydrogens (tertiary/aromatic N) is 1. The number of halogens is 1. The summed E-state index contributed by atoms with van der Waals surface area (Å²) in [6, 6.07) is 10.1. The number of nitrogens with one attached hydrogen (secondary N) is 1. The van der Waals surface area contributed by atoms with Gasteiger partial charge in [0.1, 0.15) is 11.1 Å². The van der Waals surface area contributed by atoms with Gasteiger partial charge in [0.05, 0.1) is 24.7 Å². The summed E-state index contributed by atoms with van der Waals surface area (Å²) in [7, 11) is 3.13. The van der Waals surface area contributed by atoms with Gasteiger partial charge in [-0.15, -0.1) is 0 Å². The van der Waals surface area contributed by atoms with Crippen molar-refractivity contribution in [2.75, 3.05) is 14.2 Å². The van der Waals surface area contributed by atoms with Gasteiger partial charge in [0, 0.05) is 35.4 Å². The zero-order valence-electron chi connectivity index (χ0n) is 23.3. The van der Waals surface area contributed by atoms with Crippen molar-refractivity contribution in [2.24, 2.45) is 0 Å². The second kappa shape index (κ2) is 11.9. The summed E-state index contributed by atoms with van der Waals surface area (Å²) in [6.45, 7) is 1.78. The number of dihydropyridines is 1. The normalized spacial score (nSPS) is 21.2. The molecule has 5 rings (SSSR count). The lowest BCUT2D eigenvalue weighted by molar-refractivity contribution is -0.384. The molecule has 1 saturated carbocycles. The minimum Gasteiger partial charge on any atom is -0.493 e. The van der Waals surface area contributed by atoms with Crippen LogP contribution < -0.4 is 14.8 Å². The van der Waals surface area contributed by atoms with Crippen molar-refractivity contribution in [1.82, 2.24) is 5.32 Å². The van der Waals surface area contributed by atoms with Crippen LogP contribution in [0.2, 0.25) is 5.02 Å². The number of nitro groups is 1. The van der Waals surface area contributed by atoms with Crippen LogP contribution in [-0.4, -0.2) is 37.0 Å². The quantitative estimate of drug-likeness (QED) is 0.224. The van der Waals surface area contributed by atoms with E-state index in [1.807, 2.05) is 18.2 Å². The average molecular weight is 581 g/mol. The lowest BCUT2D eigenvalue weighted by Crippen LogP contribution is -2.37. The number of nitro benzene ring substituents is 1. The highest BCUT2D eigenvalue weighted by molar-refractivity contribution is 6.32. The molecule has 0 unspecified atom stereocenters. The number of allylic oxidation sites excluding steroid dienone is 3. The van der Waals surface area contributed by atoms with Crippen LogP contribution in [0.3, 0.4) is 0 Å². The lowest BCUT2D eigenvalue weighted by atomic mass is 9.71. The number of hydrogen-bond donors (Lipinski definition) is 1. The van der Waals surface area contributed by atoms with E-state index in [0.29, 0.717) is 46.0 Å². The van der Waals surface area contributed by atoms with Crippen molar-refractivity contribution in [3.05, 3.63) is 85.2 Å². The number of esters is 1. The molecule has 2 aromatic rings. The summed E-state index contributed by atoms with van der Waals surface area (Å²) in [5, 5.41) is 15.1. The molecule has 41 heavy (non-hydrogen) atoms. The molecular weight excluding hydrogens is 548 g/mol. The second-order valence-electron chi connectivity index (χ2n) is 10.8. The summed E-state index contributed by atoms with van der Waals surface area (Å²) in [5.41, 5.74) is 3.07. The summed E-state index contributed by atoms with van der Waals surface area (Å²) in [5.74, 6) is -0.445. The van der Waals surface area contributed by atoms with Gasteiger partial charge in [0.15, 0.2) is 17.3 Å². The first-order valence-corrected chi connectivity index (χ1v) is 14.2. The van der Waals surface area contributed by atoms with Crippen LogP contribution >= 0.6 is 11.6 Å². The molecule has 2 aliphatic carbocycles. The Morgan fingerprint density at radius 3 is 2.39 bits per heavy atom. The Kier molecular flexibility index (Phi) is 8.35. The molecule has 0 spiro atoms. The molecule has 0 bridgehead atoms. The molecule has 0 aromatic heterocycles. The standard InChI is InChI=1S/C31H33ClN2O7/c1-17-28(31(36)41-21-7-5-4-6-8-21)29(19-9-11-22(32)24(14-19)34(37)38)30-23(33-17)13-20(15-25(30)35)18-10-12-26(39-2)27(16-18)40-3/h9-12,14,16,20-21,29,33H,4-8,13,15H2,1-3H3/t20-,29-/m1/s1. The molecule has 1 N–H and O–H groups in total. The highest BCUT2D eigenvalue weighted by atomic mass is 35.5. The van der Waals surface area contributed by atoms with E-state index in [1.54, 1.807) is 27.2 Å². The minimum absolute atomic E-state index is 0.0163. The van der Waals surface area contributed by atoms with Gasteiger partial charge < -0.3 is 19.5 Å². The highest BCUT2D eigenvalue weighted by Crippen LogP contribution is 2.47. The van der Waals surface area contributed by atoms with E-state index in [2.05, 4.69) is 5.32 Å². The Bertz CT molecular complexity index is 1460. The first-order chi connectivity index (χ1) is 19.7. The summed E-state index contributed by atoms with van der Waals surface area (Å²) in [4.78, 5) is 38.8. The Morgan fingerprint density at radius 1 is 1.00 bits per heavy atom. The average Bonchev–Trinajstić information content (AvgIpc) is 2.96. The molecule has 3 aliphatic rings. The minimum atomic E-state index is -0.822. The SMILES string of the molecule is COc1ccc([C@H]2CC(=O)C3=C(C2)NC(C)=C(C(=O)OC2CCCCC2)[C@H]3c2ccc(Cl)c([N+](=O)[O-])c2)cc1OC. The first-order valence-electron chi connectivity index (χ1n) is 13.8. The predicted molar refractivity (Wildman–Crippen MR) is 153 cm³/mol. The van der Waals surface area contributed by atoms with Crippen LogP contribution in [0.15, 0.2) is 58.9 Å². The van der Waals surface area contributed by atoms with E-state index in [-0.39, 0.29) is 34.9 Å². The van der Waals surface area contributed by atoms with Gasteiger partial charge in [0.25, 0.3) is 5.69 Å². The van der Waals surface area contributed by atoms with E-state index in [4.69, 9.17) is 25.8 Å². The predicted octanol–water partition coefficient (Wildman–Crippen LogP) is 6.50. The Balaban J connectivity index is 1.56. The van der Waals surface area contributed by atoms with Gasteiger partial charge in [-0.2, -0.15) is 0 Å². The molecular formula is C31H33ClN2O7. The summed E-state index contributed by atoms with van der Waals surface area (Å²) < 4.78 is 16.8. The maximum Gasteiger partial charge on any atom is 0.337 e. The largest absolute Gasteiger partial charge is 0.493 e. The van der Waals surface area contributed by atoms with Crippen LogP contribution in [-0.2, 0) is 14.3 Å². The van der Waals surface area contributed by atoms with Gasteiger partial charge >= 0.3 is 5.97 Å².